The first-order chi connectivity index (χ1) is 12.7. The van der Waals surface area contributed by atoms with E-state index >= 15 is 0 Å². The molecule has 3 aromatic rings. The lowest BCUT2D eigenvalue weighted by Crippen LogP contribution is -2.05. The Balaban J connectivity index is 1.81. The van der Waals surface area contributed by atoms with Crippen molar-refractivity contribution in [2.45, 2.75) is 18.8 Å². The molecular formula is C23H24O3. The first-order valence-corrected chi connectivity index (χ1v) is 8.83. The second-order valence-electron chi connectivity index (χ2n) is 6.45. The molecule has 0 spiro atoms. The molecule has 0 aliphatic heterocycles. The topological polar surface area (TPSA) is 49.7 Å². The number of hydrogen-bond donors (Lipinski definition) is 2. The van der Waals surface area contributed by atoms with Crippen LogP contribution in [-0.4, -0.2) is 23.9 Å². The van der Waals surface area contributed by atoms with Gasteiger partial charge in [-0.25, -0.2) is 0 Å². The van der Waals surface area contributed by atoms with Crippen LogP contribution in [0.4, 0.5) is 0 Å². The lowest BCUT2D eigenvalue weighted by Gasteiger charge is -2.15. The predicted octanol–water partition coefficient (Wildman–Crippen LogP) is 4.78. The lowest BCUT2D eigenvalue weighted by atomic mass is 9.92. The Morgan fingerprint density at radius 3 is 2.27 bits per heavy atom. The zero-order chi connectivity index (χ0) is 18.4. The van der Waals surface area contributed by atoms with E-state index in [1.165, 1.54) is 5.56 Å². The van der Waals surface area contributed by atoms with Gasteiger partial charge < -0.3 is 14.9 Å². The molecule has 3 nitrogen and oxygen atoms in total. The highest BCUT2D eigenvalue weighted by molar-refractivity contribution is 5.66. The molecule has 0 saturated carbocycles. The molecule has 0 bridgehead atoms. The van der Waals surface area contributed by atoms with Crippen LogP contribution in [0, 0.1) is 0 Å². The average molecular weight is 348 g/mol. The number of aliphatic hydroxyl groups excluding tert-OH is 1. The Morgan fingerprint density at radius 2 is 1.62 bits per heavy atom. The van der Waals surface area contributed by atoms with E-state index in [-0.39, 0.29) is 18.3 Å². The van der Waals surface area contributed by atoms with Gasteiger partial charge in [-0.1, -0.05) is 48.5 Å². The minimum atomic E-state index is 0.125. The fourth-order valence-electron chi connectivity index (χ4n) is 3.17. The van der Waals surface area contributed by atoms with E-state index in [1.54, 1.807) is 19.2 Å². The number of aromatic hydroxyl groups is 1. The first-order valence-electron chi connectivity index (χ1n) is 8.83. The van der Waals surface area contributed by atoms with Crippen molar-refractivity contribution in [3.05, 3.63) is 83.9 Å². The number of phenolic OH excluding ortho intramolecular Hbond substituents is 1. The molecule has 0 heterocycles. The minimum absolute atomic E-state index is 0.125. The second-order valence-corrected chi connectivity index (χ2v) is 6.45. The zero-order valence-corrected chi connectivity index (χ0v) is 14.9. The summed E-state index contributed by atoms with van der Waals surface area (Å²) in [6.45, 7) is 0.138. The van der Waals surface area contributed by atoms with E-state index in [0.29, 0.717) is 0 Å². The molecule has 26 heavy (non-hydrogen) atoms. The van der Waals surface area contributed by atoms with E-state index < -0.39 is 0 Å². The van der Waals surface area contributed by atoms with Gasteiger partial charge in [0, 0.05) is 12.5 Å². The Labute approximate surface area is 154 Å². The van der Waals surface area contributed by atoms with Crippen molar-refractivity contribution in [3.8, 4) is 22.6 Å². The summed E-state index contributed by atoms with van der Waals surface area (Å²) < 4.78 is 5.46. The Morgan fingerprint density at radius 1 is 0.885 bits per heavy atom. The number of methoxy groups -OCH3 is 1. The van der Waals surface area contributed by atoms with Crippen LogP contribution in [0.1, 0.15) is 23.5 Å². The van der Waals surface area contributed by atoms with Crippen molar-refractivity contribution in [2.24, 2.45) is 0 Å². The fourth-order valence-corrected chi connectivity index (χ4v) is 3.17. The summed E-state index contributed by atoms with van der Waals surface area (Å²) in [5, 5.41) is 19.3. The maximum Gasteiger partial charge on any atom is 0.119 e. The molecular weight excluding hydrogens is 324 g/mol. The van der Waals surface area contributed by atoms with Gasteiger partial charge in [-0.05, 0) is 59.4 Å². The van der Waals surface area contributed by atoms with Crippen molar-refractivity contribution in [2.75, 3.05) is 13.7 Å². The number of aliphatic hydroxyl groups is 1. The summed E-state index contributed by atoms with van der Waals surface area (Å²) in [6, 6.07) is 23.5. The normalized spacial score (nSPS) is 11.9. The van der Waals surface area contributed by atoms with E-state index in [0.717, 1.165) is 35.3 Å². The summed E-state index contributed by atoms with van der Waals surface area (Å²) in [6.07, 6.45) is 1.71. The van der Waals surface area contributed by atoms with Gasteiger partial charge in [0.1, 0.15) is 11.5 Å². The van der Waals surface area contributed by atoms with Gasteiger partial charge in [-0.2, -0.15) is 0 Å². The lowest BCUT2D eigenvalue weighted by molar-refractivity contribution is 0.259. The number of benzene rings is 3. The van der Waals surface area contributed by atoms with E-state index in [9.17, 15) is 10.2 Å². The molecule has 3 rings (SSSR count). The smallest absolute Gasteiger partial charge is 0.119 e. The second kappa shape index (κ2) is 8.54. The molecule has 3 heteroatoms. The molecule has 0 amide bonds. The SMILES string of the molecule is COc1cc(CCC(CO)c2ccccc2)cc(-c2ccc(O)cc2)c1. The van der Waals surface area contributed by atoms with Crippen LogP contribution < -0.4 is 4.74 Å². The van der Waals surface area contributed by atoms with Crippen molar-refractivity contribution < 1.29 is 14.9 Å². The summed E-state index contributed by atoms with van der Waals surface area (Å²) >= 11 is 0. The van der Waals surface area contributed by atoms with Crippen molar-refractivity contribution in [3.63, 3.8) is 0 Å². The zero-order valence-electron chi connectivity index (χ0n) is 14.9. The Bertz CT molecular complexity index is 826. The maximum atomic E-state index is 9.77. The Hall–Kier alpha value is -2.78. The van der Waals surface area contributed by atoms with Gasteiger partial charge in [0.05, 0.1) is 7.11 Å². The van der Waals surface area contributed by atoms with Crippen LogP contribution in [0.2, 0.25) is 0 Å². The van der Waals surface area contributed by atoms with Crippen molar-refractivity contribution in [1.82, 2.24) is 0 Å². The van der Waals surface area contributed by atoms with Crippen LogP contribution >= 0.6 is 0 Å². The summed E-state index contributed by atoms with van der Waals surface area (Å²) in [5.74, 6) is 1.19. The predicted molar refractivity (Wildman–Crippen MR) is 105 cm³/mol. The fraction of sp³-hybridized carbons (Fsp3) is 0.217. The molecule has 0 aromatic heterocycles. The standard InChI is InChI=1S/C23H24O3/c1-26-23-14-17(7-8-20(16-24)18-5-3-2-4-6-18)13-21(15-23)19-9-11-22(25)12-10-19/h2-6,9-15,20,24-25H,7-8,16H2,1H3. The van der Waals surface area contributed by atoms with Gasteiger partial charge in [0.2, 0.25) is 0 Å². The van der Waals surface area contributed by atoms with Crippen LogP contribution in [0.3, 0.4) is 0 Å². The third kappa shape index (κ3) is 4.44. The first kappa shape index (κ1) is 18.0. The molecule has 1 unspecified atom stereocenters. The molecule has 1 atom stereocenters. The van der Waals surface area contributed by atoms with Crippen molar-refractivity contribution in [1.29, 1.82) is 0 Å². The quantitative estimate of drug-likeness (QED) is 0.646. The maximum absolute atomic E-state index is 9.77. The molecule has 0 aliphatic carbocycles. The van der Waals surface area contributed by atoms with Gasteiger partial charge in [0.25, 0.3) is 0 Å². The number of rotatable bonds is 7. The monoisotopic (exact) mass is 348 g/mol. The van der Waals surface area contributed by atoms with Gasteiger partial charge >= 0.3 is 0 Å². The van der Waals surface area contributed by atoms with Crippen LogP contribution in [0.15, 0.2) is 72.8 Å². The number of ether oxygens (including phenoxy) is 1. The third-order valence-corrected chi connectivity index (χ3v) is 4.68. The summed E-state index contributed by atoms with van der Waals surface area (Å²) in [5.41, 5.74) is 4.42. The van der Waals surface area contributed by atoms with Gasteiger partial charge in [-0.3, -0.25) is 0 Å². The molecule has 134 valence electrons. The number of aryl methyl sites for hydroxylation is 1. The number of phenols is 1. The minimum Gasteiger partial charge on any atom is -0.508 e. The highest BCUT2D eigenvalue weighted by Gasteiger charge is 2.11. The summed E-state index contributed by atoms with van der Waals surface area (Å²) in [4.78, 5) is 0. The largest absolute Gasteiger partial charge is 0.508 e. The molecule has 2 N–H and O–H groups in total. The molecule has 3 aromatic carbocycles. The Kier molecular flexibility index (Phi) is 5.92. The van der Waals surface area contributed by atoms with Crippen LogP contribution in [0.25, 0.3) is 11.1 Å². The van der Waals surface area contributed by atoms with Crippen molar-refractivity contribution >= 4 is 0 Å². The third-order valence-electron chi connectivity index (χ3n) is 4.68. The molecule has 0 aliphatic rings. The van der Waals surface area contributed by atoms with Gasteiger partial charge in [0.15, 0.2) is 0 Å². The highest BCUT2D eigenvalue weighted by atomic mass is 16.5. The molecule has 0 fully saturated rings. The molecule has 0 saturated heterocycles. The van der Waals surface area contributed by atoms with Crippen LogP contribution in [0.5, 0.6) is 11.5 Å². The van der Waals surface area contributed by atoms with Gasteiger partial charge in [-0.15, -0.1) is 0 Å². The summed E-state index contributed by atoms with van der Waals surface area (Å²) in [7, 11) is 1.67. The molecule has 0 radical (unpaired) electrons. The van der Waals surface area contributed by atoms with Crippen LogP contribution in [-0.2, 0) is 6.42 Å². The van der Waals surface area contributed by atoms with E-state index in [2.05, 4.69) is 18.2 Å². The van der Waals surface area contributed by atoms with E-state index in [1.807, 2.05) is 42.5 Å². The average Bonchev–Trinajstić information content (AvgIpc) is 2.69. The van der Waals surface area contributed by atoms with E-state index in [4.69, 9.17) is 4.74 Å². The highest BCUT2D eigenvalue weighted by Crippen LogP contribution is 2.29. The number of hydrogen-bond acceptors (Lipinski definition) is 3.